The molecule has 0 radical (unpaired) electrons. The highest BCUT2D eigenvalue weighted by Crippen LogP contribution is 2.19. The first-order chi connectivity index (χ1) is 10.2. The highest BCUT2D eigenvalue weighted by atomic mass is 19.1. The van der Waals surface area contributed by atoms with E-state index in [1.807, 2.05) is 18.2 Å². The van der Waals surface area contributed by atoms with Gasteiger partial charge in [-0.25, -0.2) is 19.2 Å². The van der Waals surface area contributed by atoms with Gasteiger partial charge in [-0.1, -0.05) is 24.3 Å². The van der Waals surface area contributed by atoms with E-state index in [-0.39, 0.29) is 5.69 Å². The van der Waals surface area contributed by atoms with E-state index in [1.165, 1.54) is 18.5 Å². The molecule has 0 aliphatic rings. The first-order valence-corrected chi connectivity index (χ1v) is 6.26. The minimum Gasteiger partial charge on any atom is -0.305 e. The monoisotopic (exact) mass is 282 g/mol. The van der Waals surface area contributed by atoms with E-state index < -0.39 is 11.8 Å². The number of para-hydroxylation sites is 2. The van der Waals surface area contributed by atoms with Crippen LogP contribution in [-0.2, 0) is 0 Å². The number of hydrogen-bond acceptors (Lipinski definition) is 3. The number of carbonyl (C=O) groups excluding carboxylic acids is 1. The summed E-state index contributed by atoms with van der Waals surface area (Å²) in [5, 5.41) is 5.74. The number of carbonyl (C=O) groups is 1. The van der Waals surface area contributed by atoms with Crippen molar-refractivity contribution in [1.29, 1.82) is 0 Å². The maximum absolute atomic E-state index is 13.5. The number of rotatable bonds is 2. The summed E-state index contributed by atoms with van der Waals surface area (Å²) in [6.45, 7) is 0. The predicted octanol–water partition coefficient (Wildman–Crippen LogP) is 3.41. The maximum atomic E-state index is 13.5. The Labute approximate surface area is 119 Å². The first-order valence-electron chi connectivity index (χ1n) is 6.26. The number of amides is 2. The molecule has 0 spiro atoms. The van der Waals surface area contributed by atoms with Crippen LogP contribution in [0.5, 0.6) is 0 Å². The Kier molecular flexibility index (Phi) is 3.42. The van der Waals surface area contributed by atoms with E-state index in [2.05, 4.69) is 20.6 Å². The lowest BCUT2D eigenvalue weighted by atomic mass is 10.2. The summed E-state index contributed by atoms with van der Waals surface area (Å²) in [5.74, 6) is -0.130. The molecule has 3 aromatic rings. The van der Waals surface area contributed by atoms with Gasteiger partial charge in [-0.15, -0.1) is 0 Å². The van der Waals surface area contributed by atoms with Crippen LogP contribution < -0.4 is 10.6 Å². The highest BCUT2D eigenvalue weighted by molar-refractivity contribution is 6.04. The fourth-order valence-electron chi connectivity index (χ4n) is 1.93. The molecule has 0 aliphatic heterocycles. The van der Waals surface area contributed by atoms with Crippen molar-refractivity contribution in [1.82, 2.24) is 9.97 Å². The SMILES string of the molecule is O=C(Nc1ccccc1F)Nc1ncnc2ccccc12. The molecule has 3 rings (SSSR count). The van der Waals surface area contributed by atoms with Crippen LogP contribution in [-0.4, -0.2) is 16.0 Å². The van der Waals surface area contributed by atoms with E-state index in [9.17, 15) is 9.18 Å². The second kappa shape index (κ2) is 5.54. The number of fused-ring (bicyclic) bond motifs is 1. The van der Waals surface area contributed by atoms with Gasteiger partial charge >= 0.3 is 6.03 Å². The van der Waals surface area contributed by atoms with Crippen LogP contribution >= 0.6 is 0 Å². The van der Waals surface area contributed by atoms with Crippen molar-refractivity contribution in [3.05, 3.63) is 60.7 Å². The molecule has 0 atom stereocenters. The van der Waals surface area contributed by atoms with Crippen molar-refractivity contribution in [3.63, 3.8) is 0 Å². The summed E-state index contributed by atoms with van der Waals surface area (Å²) in [6.07, 6.45) is 1.36. The van der Waals surface area contributed by atoms with Crippen LogP contribution in [0.2, 0.25) is 0 Å². The Bertz CT molecular complexity index is 801. The number of aromatic nitrogens is 2. The molecule has 2 amide bonds. The normalized spacial score (nSPS) is 10.3. The third-order valence-corrected chi connectivity index (χ3v) is 2.90. The lowest BCUT2D eigenvalue weighted by Crippen LogP contribution is -2.21. The lowest BCUT2D eigenvalue weighted by molar-refractivity contribution is 0.262. The van der Waals surface area contributed by atoms with Crippen LogP contribution in [0.1, 0.15) is 0 Å². The van der Waals surface area contributed by atoms with Gasteiger partial charge in [0.1, 0.15) is 18.0 Å². The average Bonchev–Trinajstić information content (AvgIpc) is 2.50. The van der Waals surface area contributed by atoms with Crippen LogP contribution in [0.25, 0.3) is 10.9 Å². The molecule has 5 nitrogen and oxygen atoms in total. The zero-order valence-electron chi connectivity index (χ0n) is 10.9. The summed E-state index contributed by atoms with van der Waals surface area (Å²) < 4.78 is 13.5. The molecule has 1 aromatic heterocycles. The van der Waals surface area contributed by atoms with E-state index in [0.717, 1.165) is 0 Å². The molecule has 2 aromatic carbocycles. The van der Waals surface area contributed by atoms with Gasteiger partial charge in [0.25, 0.3) is 0 Å². The summed E-state index contributed by atoms with van der Waals surface area (Å²) in [7, 11) is 0. The average molecular weight is 282 g/mol. The number of benzene rings is 2. The van der Waals surface area contributed by atoms with Gasteiger partial charge in [0.2, 0.25) is 0 Å². The van der Waals surface area contributed by atoms with Crippen molar-refractivity contribution in [3.8, 4) is 0 Å². The Morgan fingerprint density at radius 1 is 0.952 bits per heavy atom. The maximum Gasteiger partial charge on any atom is 0.324 e. The molecule has 21 heavy (non-hydrogen) atoms. The lowest BCUT2D eigenvalue weighted by Gasteiger charge is -2.09. The summed E-state index contributed by atoms with van der Waals surface area (Å²) in [4.78, 5) is 20.1. The molecule has 0 bridgehead atoms. The zero-order valence-corrected chi connectivity index (χ0v) is 10.9. The minimum absolute atomic E-state index is 0.105. The van der Waals surface area contributed by atoms with Gasteiger partial charge < -0.3 is 5.32 Å². The van der Waals surface area contributed by atoms with E-state index >= 15 is 0 Å². The van der Waals surface area contributed by atoms with Crippen LogP contribution in [0.4, 0.5) is 20.7 Å². The van der Waals surface area contributed by atoms with Crippen molar-refractivity contribution >= 4 is 28.4 Å². The molecule has 0 aliphatic carbocycles. The van der Waals surface area contributed by atoms with E-state index in [0.29, 0.717) is 16.7 Å². The third kappa shape index (κ3) is 2.79. The first kappa shape index (κ1) is 13.0. The van der Waals surface area contributed by atoms with Gasteiger partial charge in [0.05, 0.1) is 11.2 Å². The number of hydrogen-bond donors (Lipinski definition) is 2. The zero-order chi connectivity index (χ0) is 14.7. The molecule has 0 fully saturated rings. The summed E-state index contributed by atoms with van der Waals surface area (Å²) >= 11 is 0. The number of nitrogens with one attached hydrogen (secondary N) is 2. The Hall–Kier alpha value is -3.02. The fraction of sp³-hybridized carbons (Fsp3) is 0. The van der Waals surface area contributed by atoms with Crippen molar-refractivity contribution in [2.45, 2.75) is 0 Å². The third-order valence-electron chi connectivity index (χ3n) is 2.90. The molecule has 1 heterocycles. The Morgan fingerprint density at radius 3 is 2.57 bits per heavy atom. The second-order valence-electron chi connectivity index (χ2n) is 4.30. The number of anilines is 2. The quantitative estimate of drug-likeness (QED) is 0.757. The highest BCUT2D eigenvalue weighted by Gasteiger charge is 2.09. The van der Waals surface area contributed by atoms with Gasteiger partial charge in [-0.05, 0) is 24.3 Å². The standard InChI is InChI=1S/C15H11FN4O/c16-11-6-2-4-8-13(11)19-15(21)20-14-10-5-1-3-7-12(10)17-9-18-14/h1-9H,(H2,17,18,19,20,21). The van der Waals surface area contributed by atoms with E-state index in [1.54, 1.807) is 18.2 Å². The number of nitrogens with zero attached hydrogens (tertiary/aromatic N) is 2. The minimum atomic E-state index is -0.566. The largest absolute Gasteiger partial charge is 0.324 e. The van der Waals surface area contributed by atoms with E-state index in [4.69, 9.17) is 0 Å². The van der Waals surface area contributed by atoms with Gasteiger partial charge in [0.15, 0.2) is 0 Å². The molecule has 104 valence electrons. The van der Waals surface area contributed by atoms with Gasteiger partial charge in [-0.3, -0.25) is 5.32 Å². The Morgan fingerprint density at radius 2 is 1.71 bits per heavy atom. The summed E-state index contributed by atoms with van der Waals surface area (Å²) in [6, 6.07) is 12.7. The van der Waals surface area contributed by atoms with Crippen LogP contribution in [0, 0.1) is 5.82 Å². The number of urea groups is 1. The van der Waals surface area contributed by atoms with Gasteiger partial charge in [0, 0.05) is 5.39 Å². The molecule has 0 saturated carbocycles. The predicted molar refractivity (Wildman–Crippen MR) is 78.6 cm³/mol. The van der Waals surface area contributed by atoms with Crippen molar-refractivity contribution in [2.75, 3.05) is 10.6 Å². The number of halogens is 1. The van der Waals surface area contributed by atoms with Crippen molar-refractivity contribution in [2.24, 2.45) is 0 Å². The molecule has 2 N–H and O–H groups in total. The molecule has 0 unspecified atom stereocenters. The van der Waals surface area contributed by atoms with Crippen LogP contribution in [0.15, 0.2) is 54.9 Å². The van der Waals surface area contributed by atoms with Gasteiger partial charge in [-0.2, -0.15) is 0 Å². The molecular weight excluding hydrogens is 271 g/mol. The second-order valence-corrected chi connectivity index (χ2v) is 4.30. The molecule has 0 saturated heterocycles. The molecule has 6 heteroatoms. The molecular formula is C15H11FN4O. The Balaban J connectivity index is 1.82. The van der Waals surface area contributed by atoms with Crippen LogP contribution in [0.3, 0.4) is 0 Å². The smallest absolute Gasteiger partial charge is 0.305 e. The topological polar surface area (TPSA) is 66.9 Å². The van der Waals surface area contributed by atoms with Crippen molar-refractivity contribution < 1.29 is 9.18 Å². The fourth-order valence-corrected chi connectivity index (χ4v) is 1.93. The summed E-state index contributed by atoms with van der Waals surface area (Å²) in [5.41, 5.74) is 0.821.